The van der Waals surface area contributed by atoms with Crippen LogP contribution in [0, 0.1) is 6.92 Å². The van der Waals surface area contributed by atoms with Gasteiger partial charge < -0.3 is 9.90 Å². The van der Waals surface area contributed by atoms with Crippen molar-refractivity contribution in [1.29, 1.82) is 0 Å². The average Bonchev–Trinajstić information content (AvgIpc) is 2.09. The molecule has 0 aromatic heterocycles. The number of benzene rings is 1. The highest BCUT2D eigenvalue weighted by Crippen LogP contribution is 2.26. The van der Waals surface area contributed by atoms with Crippen molar-refractivity contribution in [1.82, 2.24) is 0 Å². The second-order valence-corrected chi connectivity index (χ2v) is 3.34. The molecule has 3 heteroatoms. The van der Waals surface area contributed by atoms with Gasteiger partial charge in [0.25, 0.3) is 0 Å². The van der Waals surface area contributed by atoms with Crippen molar-refractivity contribution in [2.24, 2.45) is 0 Å². The number of halogens is 1. The summed E-state index contributed by atoms with van der Waals surface area (Å²) in [7, 11) is 0. The molecule has 1 aromatic rings. The summed E-state index contributed by atoms with van der Waals surface area (Å²) in [6.45, 7) is 1.82. The van der Waals surface area contributed by atoms with Crippen LogP contribution in [0.1, 0.15) is 17.5 Å². The first-order chi connectivity index (χ1) is 6.15. The zero-order chi connectivity index (χ0) is 9.84. The molecule has 0 aliphatic heterocycles. The van der Waals surface area contributed by atoms with Gasteiger partial charge >= 0.3 is 0 Å². The van der Waals surface area contributed by atoms with Gasteiger partial charge in [-0.15, -0.1) is 0 Å². The lowest BCUT2D eigenvalue weighted by molar-refractivity contribution is -0.107. The van der Waals surface area contributed by atoms with E-state index in [1.807, 2.05) is 6.92 Å². The van der Waals surface area contributed by atoms with Crippen LogP contribution in [-0.4, -0.2) is 11.4 Å². The number of hydrogen-bond donors (Lipinski definition) is 1. The normalized spacial score (nSPS) is 10.0. The number of phenols is 1. The molecule has 0 fully saturated rings. The summed E-state index contributed by atoms with van der Waals surface area (Å²) in [6.07, 6.45) is 1.77. The molecule has 0 radical (unpaired) electrons. The first kappa shape index (κ1) is 10.1. The Morgan fingerprint density at radius 3 is 2.85 bits per heavy atom. The summed E-state index contributed by atoms with van der Waals surface area (Å²) >= 11 is 5.87. The van der Waals surface area contributed by atoms with E-state index >= 15 is 0 Å². The molecule has 1 aromatic carbocycles. The van der Waals surface area contributed by atoms with Crippen LogP contribution in [0.5, 0.6) is 5.75 Å². The van der Waals surface area contributed by atoms with Gasteiger partial charge in [0, 0.05) is 11.4 Å². The van der Waals surface area contributed by atoms with Crippen molar-refractivity contribution in [3.05, 3.63) is 28.3 Å². The number of hydrogen-bond acceptors (Lipinski definition) is 2. The Kier molecular flexibility index (Phi) is 3.32. The van der Waals surface area contributed by atoms with Crippen LogP contribution in [0.25, 0.3) is 0 Å². The third kappa shape index (κ3) is 2.46. The summed E-state index contributed by atoms with van der Waals surface area (Å²) in [5.74, 6) is 0.212. The topological polar surface area (TPSA) is 37.3 Å². The molecular weight excluding hydrogens is 188 g/mol. The molecule has 1 rings (SSSR count). The standard InChI is InChI=1S/C10H11ClO2/c1-7-5-10(13)8(3-2-4-12)6-9(7)11/h4-6,13H,2-3H2,1H3. The van der Waals surface area contributed by atoms with E-state index in [9.17, 15) is 9.90 Å². The van der Waals surface area contributed by atoms with E-state index in [1.165, 1.54) is 0 Å². The lowest BCUT2D eigenvalue weighted by Gasteiger charge is -2.05. The molecule has 0 bridgehead atoms. The Morgan fingerprint density at radius 1 is 1.54 bits per heavy atom. The first-order valence-corrected chi connectivity index (χ1v) is 4.44. The molecule has 1 N–H and O–H groups in total. The third-order valence-corrected chi connectivity index (χ3v) is 2.30. The predicted octanol–water partition coefficient (Wildman–Crippen LogP) is 2.49. The second-order valence-electron chi connectivity index (χ2n) is 2.94. The lowest BCUT2D eigenvalue weighted by Crippen LogP contribution is -1.88. The van der Waals surface area contributed by atoms with E-state index in [1.54, 1.807) is 12.1 Å². The monoisotopic (exact) mass is 198 g/mol. The van der Waals surface area contributed by atoms with Crippen LogP contribution in [0.15, 0.2) is 12.1 Å². The molecule has 70 valence electrons. The van der Waals surface area contributed by atoms with Crippen molar-refractivity contribution in [3.8, 4) is 5.75 Å². The highest BCUT2D eigenvalue weighted by atomic mass is 35.5. The maximum absolute atomic E-state index is 10.1. The molecule has 0 aliphatic carbocycles. The fourth-order valence-corrected chi connectivity index (χ4v) is 1.31. The first-order valence-electron chi connectivity index (χ1n) is 4.06. The summed E-state index contributed by atoms with van der Waals surface area (Å²) in [5.41, 5.74) is 1.57. The van der Waals surface area contributed by atoms with Crippen LogP contribution in [0.3, 0.4) is 0 Å². The summed E-state index contributed by atoms with van der Waals surface area (Å²) < 4.78 is 0. The zero-order valence-corrected chi connectivity index (χ0v) is 8.14. The number of rotatable bonds is 3. The van der Waals surface area contributed by atoms with Gasteiger partial charge in [-0.05, 0) is 36.6 Å². The fraction of sp³-hybridized carbons (Fsp3) is 0.300. The fourth-order valence-electron chi connectivity index (χ4n) is 1.12. The molecule has 0 saturated heterocycles. The minimum Gasteiger partial charge on any atom is -0.508 e. The molecular formula is C10H11ClO2. The summed E-state index contributed by atoms with van der Waals surface area (Å²) in [5, 5.41) is 10.1. The number of aryl methyl sites for hydroxylation is 2. The van der Waals surface area contributed by atoms with Crippen molar-refractivity contribution in [2.45, 2.75) is 19.8 Å². The molecule has 13 heavy (non-hydrogen) atoms. The maximum atomic E-state index is 10.1. The molecule has 0 heterocycles. The Bertz CT molecular complexity index is 321. The molecule has 0 aliphatic rings. The maximum Gasteiger partial charge on any atom is 0.120 e. The van der Waals surface area contributed by atoms with Crippen LogP contribution >= 0.6 is 11.6 Å². The SMILES string of the molecule is Cc1cc(O)c(CCC=O)cc1Cl. The van der Waals surface area contributed by atoms with Crippen molar-refractivity contribution in [3.63, 3.8) is 0 Å². The summed E-state index contributed by atoms with van der Waals surface area (Å²) in [4.78, 5) is 10.1. The van der Waals surface area contributed by atoms with Gasteiger partial charge in [-0.1, -0.05) is 11.6 Å². The van der Waals surface area contributed by atoms with Gasteiger partial charge in [0.1, 0.15) is 12.0 Å². The van der Waals surface area contributed by atoms with Crippen molar-refractivity contribution >= 4 is 17.9 Å². The molecule has 2 nitrogen and oxygen atoms in total. The van der Waals surface area contributed by atoms with E-state index in [0.717, 1.165) is 17.4 Å². The van der Waals surface area contributed by atoms with Crippen LogP contribution in [0.4, 0.5) is 0 Å². The van der Waals surface area contributed by atoms with E-state index in [0.29, 0.717) is 17.9 Å². The Hall–Kier alpha value is -1.02. The van der Waals surface area contributed by atoms with E-state index in [4.69, 9.17) is 11.6 Å². The zero-order valence-electron chi connectivity index (χ0n) is 7.38. The van der Waals surface area contributed by atoms with Crippen LogP contribution in [0.2, 0.25) is 5.02 Å². The van der Waals surface area contributed by atoms with Gasteiger partial charge in [-0.3, -0.25) is 0 Å². The number of phenolic OH excluding ortho intramolecular Hbond substituents is 1. The second kappa shape index (κ2) is 4.28. The highest BCUT2D eigenvalue weighted by Gasteiger charge is 2.04. The van der Waals surface area contributed by atoms with Crippen molar-refractivity contribution < 1.29 is 9.90 Å². The Morgan fingerprint density at radius 2 is 2.23 bits per heavy atom. The van der Waals surface area contributed by atoms with Gasteiger partial charge in [0.2, 0.25) is 0 Å². The van der Waals surface area contributed by atoms with Crippen LogP contribution in [-0.2, 0) is 11.2 Å². The van der Waals surface area contributed by atoms with Crippen molar-refractivity contribution in [2.75, 3.05) is 0 Å². The Balaban J connectivity index is 2.94. The van der Waals surface area contributed by atoms with Gasteiger partial charge in [-0.25, -0.2) is 0 Å². The highest BCUT2D eigenvalue weighted by molar-refractivity contribution is 6.31. The smallest absolute Gasteiger partial charge is 0.120 e. The van der Waals surface area contributed by atoms with Gasteiger partial charge in [-0.2, -0.15) is 0 Å². The average molecular weight is 199 g/mol. The van der Waals surface area contributed by atoms with E-state index < -0.39 is 0 Å². The van der Waals surface area contributed by atoms with Gasteiger partial charge in [0.05, 0.1) is 0 Å². The number of aromatic hydroxyl groups is 1. The minimum atomic E-state index is 0.212. The number of carbonyl (C=O) groups is 1. The third-order valence-electron chi connectivity index (χ3n) is 1.89. The molecule has 0 atom stereocenters. The molecule has 0 amide bonds. The molecule has 0 unspecified atom stereocenters. The molecule has 0 spiro atoms. The number of carbonyl (C=O) groups excluding carboxylic acids is 1. The Labute approximate surface area is 82.2 Å². The largest absolute Gasteiger partial charge is 0.508 e. The minimum absolute atomic E-state index is 0.212. The van der Waals surface area contributed by atoms with Crippen LogP contribution < -0.4 is 0 Å². The molecule has 0 saturated carbocycles. The predicted molar refractivity (Wildman–Crippen MR) is 52.2 cm³/mol. The number of aldehydes is 1. The summed E-state index contributed by atoms with van der Waals surface area (Å²) in [6, 6.07) is 3.32. The van der Waals surface area contributed by atoms with E-state index in [2.05, 4.69) is 0 Å². The van der Waals surface area contributed by atoms with Gasteiger partial charge in [0.15, 0.2) is 0 Å². The van der Waals surface area contributed by atoms with E-state index in [-0.39, 0.29) is 5.75 Å². The lowest BCUT2D eigenvalue weighted by atomic mass is 10.1. The quantitative estimate of drug-likeness (QED) is 0.758.